The number of carboxylic acids is 1. The van der Waals surface area contributed by atoms with E-state index >= 15 is 0 Å². The molecule has 2 rings (SSSR count). The Kier molecular flexibility index (Phi) is 2.97. The second kappa shape index (κ2) is 4.42. The minimum Gasteiger partial charge on any atom is -0.482 e. The molecule has 0 radical (unpaired) electrons. The Labute approximate surface area is 97.0 Å². The number of aromatic carboxylic acids is 1. The first-order chi connectivity index (χ1) is 8.13. The van der Waals surface area contributed by atoms with Crippen molar-refractivity contribution in [1.29, 1.82) is 0 Å². The summed E-state index contributed by atoms with van der Waals surface area (Å²) in [6, 6.07) is 4.29. The van der Waals surface area contributed by atoms with Crippen LogP contribution in [-0.2, 0) is 4.79 Å². The first kappa shape index (κ1) is 11.4. The van der Waals surface area contributed by atoms with Gasteiger partial charge in [-0.25, -0.2) is 4.79 Å². The Bertz CT molecular complexity index is 471. The number of hydrogen-bond acceptors (Lipinski definition) is 4. The summed E-state index contributed by atoms with van der Waals surface area (Å²) < 4.78 is 5.18. The predicted octanol–water partition coefficient (Wildman–Crippen LogP) is 0.102. The highest BCUT2D eigenvalue weighted by Crippen LogP contribution is 2.32. The van der Waals surface area contributed by atoms with Gasteiger partial charge in [0.1, 0.15) is 5.75 Å². The van der Waals surface area contributed by atoms with E-state index in [1.165, 1.54) is 23.1 Å². The number of benzene rings is 1. The minimum absolute atomic E-state index is 0.0741. The van der Waals surface area contributed by atoms with Crippen molar-refractivity contribution in [3.8, 4) is 5.75 Å². The third-order valence-corrected chi connectivity index (χ3v) is 2.47. The van der Waals surface area contributed by atoms with Crippen LogP contribution in [0, 0.1) is 0 Å². The van der Waals surface area contributed by atoms with Gasteiger partial charge in [-0.15, -0.1) is 0 Å². The zero-order valence-electron chi connectivity index (χ0n) is 8.92. The van der Waals surface area contributed by atoms with Crippen LogP contribution >= 0.6 is 0 Å². The lowest BCUT2D eigenvalue weighted by atomic mass is 10.1. The molecule has 0 saturated carbocycles. The van der Waals surface area contributed by atoms with E-state index in [0.29, 0.717) is 11.4 Å². The average molecular weight is 237 g/mol. The van der Waals surface area contributed by atoms with Gasteiger partial charge in [-0.2, -0.15) is 0 Å². The van der Waals surface area contributed by atoms with Gasteiger partial charge in [0.15, 0.2) is 6.61 Å². The van der Waals surface area contributed by atoms with Gasteiger partial charge in [-0.05, 0) is 18.2 Å². The Morgan fingerprint density at radius 2 is 2.24 bits per heavy atom. The van der Waals surface area contributed by atoms with Crippen LogP contribution in [0.15, 0.2) is 18.2 Å². The second-order valence-electron chi connectivity index (χ2n) is 3.55. The number of carboxylic acid groups (broad SMARTS) is 1. The van der Waals surface area contributed by atoms with Crippen molar-refractivity contribution in [1.82, 2.24) is 0 Å². The molecule has 90 valence electrons. The van der Waals surface area contributed by atoms with Crippen LogP contribution in [-0.4, -0.2) is 41.8 Å². The molecular formula is C11H11NO5. The summed E-state index contributed by atoms with van der Waals surface area (Å²) in [5.74, 6) is -0.924. The van der Waals surface area contributed by atoms with Crippen molar-refractivity contribution in [2.24, 2.45) is 0 Å². The van der Waals surface area contributed by atoms with Crippen LogP contribution < -0.4 is 9.64 Å². The lowest BCUT2D eigenvalue weighted by Gasteiger charge is -2.28. The summed E-state index contributed by atoms with van der Waals surface area (Å²) in [6.07, 6.45) is 0. The molecule has 0 atom stereocenters. The summed E-state index contributed by atoms with van der Waals surface area (Å²) in [4.78, 5) is 23.7. The number of β-amino-alcohol motifs (C(OH)–C–C–N with tert-alkyl or cyclic N) is 1. The van der Waals surface area contributed by atoms with Gasteiger partial charge in [0.2, 0.25) is 0 Å². The van der Waals surface area contributed by atoms with Crippen LogP contribution in [0.25, 0.3) is 0 Å². The maximum absolute atomic E-state index is 11.6. The Morgan fingerprint density at radius 3 is 2.88 bits per heavy atom. The van der Waals surface area contributed by atoms with Gasteiger partial charge in [0.25, 0.3) is 5.91 Å². The van der Waals surface area contributed by atoms with E-state index in [-0.39, 0.29) is 31.2 Å². The highest BCUT2D eigenvalue weighted by Gasteiger charge is 2.25. The lowest BCUT2D eigenvalue weighted by Crippen LogP contribution is -2.40. The molecule has 1 heterocycles. The molecule has 0 bridgehead atoms. The van der Waals surface area contributed by atoms with Gasteiger partial charge >= 0.3 is 5.97 Å². The van der Waals surface area contributed by atoms with E-state index < -0.39 is 5.97 Å². The number of carbonyl (C=O) groups is 2. The number of fused-ring (bicyclic) bond motifs is 1. The summed E-state index contributed by atoms with van der Waals surface area (Å²) in [5.41, 5.74) is 0.459. The number of rotatable bonds is 3. The molecule has 0 fully saturated rings. The third-order valence-electron chi connectivity index (χ3n) is 2.47. The summed E-state index contributed by atoms with van der Waals surface area (Å²) >= 11 is 0. The zero-order chi connectivity index (χ0) is 12.4. The molecular weight excluding hydrogens is 226 g/mol. The maximum Gasteiger partial charge on any atom is 0.335 e. The minimum atomic E-state index is -1.07. The van der Waals surface area contributed by atoms with E-state index in [1.54, 1.807) is 0 Å². The Balaban J connectivity index is 2.44. The average Bonchev–Trinajstić information content (AvgIpc) is 2.32. The zero-order valence-corrected chi connectivity index (χ0v) is 8.92. The standard InChI is InChI=1S/C11H11NO5/c13-4-3-12-8-5-7(11(15)16)1-2-9(8)17-6-10(12)14/h1-2,5,13H,3-4,6H2,(H,15,16). The number of nitrogens with zero attached hydrogens (tertiary/aromatic N) is 1. The fraction of sp³-hybridized carbons (Fsp3) is 0.273. The van der Waals surface area contributed by atoms with Crippen LogP contribution in [0.2, 0.25) is 0 Å². The number of anilines is 1. The van der Waals surface area contributed by atoms with Crippen LogP contribution in [0.5, 0.6) is 5.75 Å². The first-order valence-electron chi connectivity index (χ1n) is 5.05. The molecule has 1 aliphatic rings. The number of ether oxygens (including phenoxy) is 1. The normalized spacial score (nSPS) is 14.2. The van der Waals surface area contributed by atoms with Gasteiger partial charge in [-0.3, -0.25) is 4.79 Å². The molecule has 6 nitrogen and oxygen atoms in total. The molecule has 0 saturated heterocycles. The SMILES string of the molecule is O=C(O)c1ccc2c(c1)N(CCO)C(=O)CO2. The summed E-state index contributed by atoms with van der Waals surface area (Å²) in [6.45, 7) is -0.167. The van der Waals surface area contributed by atoms with Crippen LogP contribution in [0.4, 0.5) is 5.69 Å². The molecule has 1 aromatic rings. The number of aliphatic hydroxyl groups excluding tert-OH is 1. The molecule has 0 aliphatic carbocycles. The van der Waals surface area contributed by atoms with E-state index in [2.05, 4.69) is 0 Å². The second-order valence-corrected chi connectivity index (χ2v) is 3.55. The molecule has 0 spiro atoms. The summed E-state index contributed by atoms with van der Waals surface area (Å²) in [5, 5.41) is 17.8. The van der Waals surface area contributed by atoms with E-state index in [9.17, 15) is 9.59 Å². The Hall–Kier alpha value is -2.08. The van der Waals surface area contributed by atoms with Crippen molar-refractivity contribution in [2.75, 3.05) is 24.7 Å². The molecule has 1 aromatic carbocycles. The van der Waals surface area contributed by atoms with Crippen molar-refractivity contribution in [2.45, 2.75) is 0 Å². The highest BCUT2D eigenvalue weighted by atomic mass is 16.5. The van der Waals surface area contributed by atoms with Gasteiger partial charge in [0.05, 0.1) is 17.9 Å². The van der Waals surface area contributed by atoms with E-state index in [1.807, 2.05) is 0 Å². The van der Waals surface area contributed by atoms with Gasteiger partial charge in [-0.1, -0.05) is 0 Å². The van der Waals surface area contributed by atoms with Crippen molar-refractivity contribution >= 4 is 17.6 Å². The highest BCUT2D eigenvalue weighted by molar-refractivity contribution is 5.99. The van der Waals surface area contributed by atoms with Crippen LogP contribution in [0.3, 0.4) is 0 Å². The van der Waals surface area contributed by atoms with Crippen molar-refractivity contribution in [3.63, 3.8) is 0 Å². The number of amides is 1. The largest absolute Gasteiger partial charge is 0.482 e. The van der Waals surface area contributed by atoms with Gasteiger partial charge in [0, 0.05) is 6.54 Å². The topological polar surface area (TPSA) is 87.1 Å². The molecule has 1 aliphatic heterocycles. The third kappa shape index (κ3) is 2.07. The van der Waals surface area contributed by atoms with E-state index in [4.69, 9.17) is 14.9 Å². The first-order valence-corrected chi connectivity index (χ1v) is 5.05. The molecule has 2 N–H and O–H groups in total. The number of carbonyl (C=O) groups excluding carboxylic acids is 1. The molecule has 1 amide bonds. The van der Waals surface area contributed by atoms with Gasteiger partial charge < -0.3 is 19.8 Å². The monoisotopic (exact) mass is 237 g/mol. The fourth-order valence-electron chi connectivity index (χ4n) is 1.68. The lowest BCUT2D eigenvalue weighted by molar-refractivity contribution is -0.121. The molecule has 17 heavy (non-hydrogen) atoms. The van der Waals surface area contributed by atoms with Crippen molar-refractivity contribution in [3.05, 3.63) is 23.8 Å². The number of aliphatic hydroxyl groups is 1. The van der Waals surface area contributed by atoms with E-state index in [0.717, 1.165) is 0 Å². The maximum atomic E-state index is 11.6. The quantitative estimate of drug-likeness (QED) is 0.778. The molecule has 0 aromatic heterocycles. The fourth-order valence-corrected chi connectivity index (χ4v) is 1.68. The predicted molar refractivity (Wildman–Crippen MR) is 58.3 cm³/mol. The Morgan fingerprint density at radius 1 is 1.47 bits per heavy atom. The smallest absolute Gasteiger partial charge is 0.335 e. The number of hydrogen-bond donors (Lipinski definition) is 2. The van der Waals surface area contributed by atoms with Crippen LogP contribution in [0.1, 0.15) is 10.4 Å². The molecule has 6 heteroatoms. The molecule has 0 unspecified atom stereocenters. The summed E-state index contributed by atoms with van der Waals surface area (Å²) in [7, 11) is 0. The van der Waals surface area contributed by atoms with Crippen molar-refractivity contribution < 1.29 is 24.5 Å².